The van der Waals surface area contributed by atoms with Gasteiger partial charge in [-0.2, -0.15) is 0 Å². The number of aryl methyl sites for hydroxylation is 1. The Morgan fingerprint density at radius 2 is 1.72 bits per heavy atom. The van der Waals surface area contributed by atoms with Gasteiger partial charge in [-0.05, 0) is 60.0 Å². The van der Waals surface area contributed by atoms with Gasteiger partial charge in [-0.25, -0.2) is 0 Å². The Hall–Kier alpha value is -3.42. The van der Waals surface area contributed by atoms with E-state index in [0.717, 1.165) is 22.9 Å². The van der Waals surface area contributed by atoms with Gasteiger partial charge in [0.1, 0.15) is 5.56 Å². The van der Waals surface area contributed by atoms with Crippen LogP contribution < -0.4 is 10.2 Å². The summed E-state index contributed by atoms with van der Waals surface area (Å²) in [5.41, 5.74) is 2.65. The highest BCUT2D eigenvalue weighted by molar-refractivity contribution is 6.31. The summed E-state index contributed by atoms with van der Waals surface area (Å²) in [4.78, 5) is 37.6. The van der Waals surface area contributed by atoms with E-state index in [9.17, 15) is 19.7 Å². The monoisotopic (exact) mass is 469 g/mol. The molecule has 162 valence electrons. The molecule has 0 unspecified atom stereocenters. The van der Waals surface area contributed by atoms with Crippen molar-refractivity contribution in [2.24, 2.45) is 0 Å². The van der Waals surface area contributed by atoms with E-state index >= 15 is 0 Å². The predicted octanol–water partition coefficient (Wildman–Crippen LogP) is 5.63. The van der Waals surface area contributed by atoms with E-state index in [0.29, 0.717) is 30.1 Å². The number of anilines is 2. The third kappa shape index (κ3) is 4.59. The van der Waals surface area contributed by atoms with Gasteiger partial charge in [-0.1, -0.05) is 35.3 Å². The van der Waals surface area contributed by atoms with Crippen LogP contribution in [0.3, 0.4) is 0 Å². The van der Waals surface area contributed by atoms with Gasteiger partial charge in [0.05, 0.1) is 11.5 Å². The Kier molecular flexibility index (Phi) is 6.12. The van der Waals surface area contributed by atoms with Gasteiger partial charge in [-0.15, -0.1) is 0 Å². The van der Waals surface area contributed by atoms with Crippen LogP contribution >= 0.6 is 23.2 Å². The molecule has 0 aliphatic carbocycles. The normalized spacial score (nSPS) is 12.9. The Bertz CT molecular complexity index is 1230. The summed E-state index contributed by atoms with van der Waals surface area (Å²) >= 11 is 11.8. The number of carbonyl (C=O) groups excluding carboxylic acids is 2. The summed E-state index contributed by atoms with van der Waals surface area (Å²) in [6.07, 6.45) is 0.886. The van der Waals surface area contributed by atoms with Crippen molar-refractivity contribution in [1.82, 2.24) is 0 Å². The number of nitro groups is 1. The molecular formula is C23H17Cl2N3O4. The summed E-state index contributed by atoms with van der Waals surface area (Å²) in [6.45, 7) is 0.408. The number of halogens is 2. The molecule has 4 rings (SSSR count). The number of amides is 2. The summed E-state index contributed by atoms with van der Waals surface area (Å²) in [6, 6.07) is 16.4. The maximum absolute atomic E-state index is 12.7. The third-order valence-electron chi connectivity index (χ3n) is 5.19. The van der Waals surface area contributed by atoms with Crippen LogP contribution in [-0.2, 0) is 17.8 Å². The van der Waals surface area contributed by atoms with Crippen molar-refractivity contribution in [2.45, 2.75) is 19.4 Å². The highest BCUT2D eigenvalue weighted by atomic mass is 35.5. The van der Waals surface area contributed by atoms with Crippen LogP contribution in [-0.4, -0.2) is 16.7 Å². The lowest BCUT2D eigenvalue weighted by atomic mass is 9.99. The Morgan fingerprint density at radius 3 is 2.44 bits per heavy atom. The Labute approximate surface area is 193 Å². The van der Waals surface area contributed by atoms with Crippen molar-refractivity contribution >= 4 is 52.1 Å². The second kappa shape index (κ2) is 8.98. The van der Waals surface area contributed by atoms with Crippen molar-refractivity contribution in [1.29, 1.82) is 0 Å². The van der Waals surface area contributed by atoms with Gasteiger partial charge in [-0.3, -0.25) is 19.7 Å². The van der Waals surface area contributed by atoms with E-state index in [-0.39, 0.29) is 22.2 Å². The number of fused-ring (bicyclic) bond motifs is 1. The molecule has 3 aromatic rings. The van der Waals surface area contributed by atoms with Crippen LogP contribution in [0.15, 0.2) is 60.7 Å². The van der Waals surface area contributed by atoms with Crippen LogP contribution in [0.4, 0.5) is 17.1 Å². The number of hydrogen-bond acceptors (Lipinski definition) is 4. The zero-order chi connectivity index (χ0) is 22.8. The van der Waals surface area contributed by atoms with Crippen LogP contribution in [0.2, 0.25) is 10.0 Å². The SMILES string of the molecule is O=C(Nc1ccc2c(c1)CCC(=O)N2Cc1ccc(Cl)cc1)c1ccc(Cl)cc1[N+](=O)[O-]. The van der Waals surface area contributed by atoms with Crippen molar-refractivity contribution in [3.63, 3.8) is 0 Å². The third-order valence-corrected chi connectivity index (χ3v) is 5.68. The zero-order valence-corrected chi connectivity index (χ0v) is 18.2. The summed E-state index contributed by atoms with van der Waals surface area (Å²) in [5.74, 6) is -0.598. The number of carbonyl (C=O) groups is 2. The van der Waals surface area contributed by atoms with Crippen molar-refractivity contribution in [3.8, 4) is 0 Å². The van der Waals surface area contributed by atoms with Gasteiger partial charge < -0.3 is 10.2 Å². The molecule has 0 radical (unpaired) electrons. The zero-order valence-electron chi connectivity index (χ0n) is 16.7. The molecule has 0 saturated carbocycles. The number of nitro benzene ring substituents is 1. The molecule has 1 aliphatic rings. The minimum absolute atomic E-state index is 0.0148. The second-order valence-corrected chi connectivity index (χ2v) is 8.20. The number of hydrogen-bond donors (Lipinski definition) is 1. The first-order valence-electron chi connectivity index (χ1n) is 9.75. The van der Waals surface area contributed by atoms with Crippen LogP contribution in [0, 0.1) is 10.1 Å². The fourth-order valence-electron chi connectivity index (χ4n) is 3.63. The first-order valence-corrected chi connectivity index (χ1v) is 10.5. The Morgan fingerprint density at radius 1 is 1.00 bits per heavy atom. The molecule has 2 amide bonds. The fourth-order valence-corrected chi connectivity index (χ4v) is 3.92. The molecule has 3 aromatic carbocycles. The van der Waals surface area contributed by atoms with E-state index < -0.39 is 10.8 Å². The average molecular weight is 470 g/mol. The van der Waals surface area contributed by atoms with Crippen molar-refractivity contribution < 1.29 is 14.5 Å². The molecular weight excluding hydrogens is 453 g/mol. The lowest BCUT2D eigenvalue weighted by Crippen LogP contribution is -2.34. The van der Waals surface area contributed by atoms with Gasteiger partial charge in [0.15, 0.2) is 0 Å². The van der Waals surface area contributed by atoms with Crippen LogP contribution in [0.25, 0.3) is 0 Å². The molecule has 0 spiro atoms. The molecule has 32 heavy (non-hydrogen) atoms. The fraction of sp³-hybridized carbons (Fsp3) is 0.130. The number of rotatable bonds is 5. The minimum Gasteiger partial charge on any atom is -0.322 e. The minimum atomic E-state index is -0.645. The van der Waals surface area contributed by atoms with E-state index in [1.807, 2.05) is 12.1 Å². The van der Waals surface area contributed by atoms with Crippen LogP contribution in [0.1, 0.15) is 27.9 Å². The predicted molar refractivity (Wildman–Crippen MR) is 123 cm³/mol. The molecule has 0 aromatic heterocycles. The number of nitrogens with zero attached hydrogens (tertiary/aromatic N) is 2. The lowest BCUT2D eigenvalue weighted by Gasteiger charge is -2.30. The standard InChI is InChI=1S/C23H17Cl2N3O4/c24-16-4-1-14(2-5-16)13-27-20-9-7-18(11-15(20)3-10-22(27)29)26-23(30)19-8-6-17(25)12-21(19)28(31)32/h1-2,4-9,11-12H,3,10,13H2,(H,26,30). The van der Waals surface area contributed by atoms with Gasteiger partial charge in [0.25, 0.3) is 11.6 Å². The topological polar surface area (TPSA) is 92.6 Å². The molecule has 0 bridgehead atoms. The molecule has 0 fully saturated rings. The molecule has 1 heterocycles. The van der Waals surface area contributed by atoms with Crippen molar-refractivity contribution in [3.05, 3.63) is 97.5 Å². The molecule has 0 saturated heterocycles. The quantitative estimate of drug-likeness (QED) is 0.386. The van der Waals surface area contributed by atoms with E-state index in [4.69, 9.17) is 23.2 Å². The summed E-state index contributed by atoms with van der Waals surface area (Å²) in [7, 11) is 0. The van der Waals surface area contributed by atoms with E-state index in [1.54, 1.807) is 35.2 Å². The van der Waals surface area contributed by atoms with E-state index in [2.05, 4.69) is 5.32 Å². The number of benzene rings is 3. The Balaban J connectivity index is 1.57. The van der Waals surface area contributed by atoms with E-state index in [1.165, 1.54) is 12.1 Å². The molecule has 1 N–H and O–H groups in total. The molecule has 7 nitrogen and oxygen atoms in total. The average Bonchev–Trinajstić information content (AvgIpc) is 2.77. The van der Waals surface area contributed by atoms with Gasteiger partial charge in [0, 0.05) is 33.9 Å². The molecule has 1 aliphatic heterocycles. The summed E-state index contributed by atoms with van der Waals surface area (Å²) < 4.78 is 0. The van der Waals surface area contributed by atoms with Gasteiger partial charge >= 0.3 is 0 Å². The molecule has 9 heteroatoms. The smallest absolute Gasteiger partial charge is 0.283 e. The first-order chi connectivity index (χ1) is 15.3. The largest absolute Gasteiger partial charge is 0.322 e. The highest BCUT2D eigenvalue weighted by Gasteiger charge is 2.25. The van der Waals surface area contributed by atoms with Gasteiger partial charge in [0.2, 0.25) is 5.91 Å². The second-order valence-electron chi connectivity index (χ2n) is 7.32. The molecule has 0 atom stereocenters. The maximum Gasteiger partial charge on any atom is 0.283 e. The van der Waals surface area contributed by atoms with Crippen molar-refractivity contribution in [2.75, 3.05) is 10.2 Å². The highest BCUT2D eigenvalue weighted by Crippen LogP contribution is 2.32. The van der Waals surface area contributed by atoms with Crippen LogP contribution in [0.5, 0.6) is 0 Å². The lowest BCUT2D eigenvalue weighted by molar-refractivity contribution is -0.385. The maximum atomic E-state index is 12.7. The first kappa shape index (κ1) is 21.8. The number of nitrogens with one attached hydrogen (secondary N) is 1. The summed E-state index contributed by atoms with van der Waals surface area (Å²) in [5, 5.41) is 14.8.